The van der Waals surface area contributed by atoms with Crippen LogP contribution in [0.2, 0.25) is 0 Å². The molecule has 0 spiro atoms. The molecule has 0 aromatic carbocycles. The topological polar surface area (TPSA) is 32.7 Å². The second kappa shape index (κ2) is 3.56. The van der Waals surface area contributed by atoms with Crippen LogP contribution in [0.25, 0.3) is 0 Å². The molecule has 3 heteroatoms. The molecule has 2 fully saturated rings. The third-order valence-corrected chi connectivity index (χ3v) is 3.01. The van der Waals surface area contributed by atoms with Gasteiger partial charge in [-0.2, -0.15) is 0 Å². The van der Waals surface area contributed by atoms with Crippen LogP contribution in [0.1, 0.15) is 19.8 Å². The van der Waals surface area contributed by atoms with Gasteiger partial charge < -0.3 is 9.84 Å². The number of rotatable bonds is 3. The number of likely N-dealkylation sites (tertiary alicyclic amines) is 1. The zero-order valence-corrected chi connectivity index (χ0v) is 8.33. The van der Waals surface area contributed by atoms with Crippen LogP contribution in [0.3, 0.4) is 0 Å². The second-order valence-corrected chi connectivity index (χ2v) is 4.73. The predicted molar refractivity (Wildman–Crippen MR) is 50.6 cm³/mol. The van der Waals surface area contributed by atoms with Crippen LogP contribution >= 0.6 is 0 Å². The lowest BCUT2D eigenvalue weighted by molar-refractivity contribution is -0.0845. The number of ether oxygens (including phenoxy) is 1. The first kappa shape index (κ1) is 9.44. The number of aliphatic hydroxyl groups is 1. The summed E-state index contributed by atoms with van der Waals surface area (Å²) in [5, 5.41) is 9.51. The van der Waals surface area contributed by atoms with Crippen molar-refractivity contribution in [3.63, 3.8) is 0 Å². The van der Waals surface area contributed by atoms with Crippen molar-refractivity contribution in [2.45, 2.75) is 25.4 Å². The summed E-state index contributed by atoms with van der Waals surface area (Å²) in [4.78, 5) is 2.32. The summed E-state index contributed by atoms with van der Waals surface area (Å²) in [5.74, 6) is 0.769. The lowest BCUT2D eigenvalue weighted by Gasteiger charge is -2.44. The molecule has 13 heavy (non-hydrogen) atoms. The molecular weight excluding hydrogens is 166 g/mol. The highest BCUT2D eigenvalue weighted by molar-refractivity contribution is 4.91. The van der Waals surface area contributed by atoms with Gasteiger partial charge in [-0.05, 0) is 32.2 Å². The third-order valence-electron chi connectivity index (χ3n) is 3.01. The van der Waals surface area contributed by atoms with Crippen molar-refractivity contribution in [1.29, 1.82) is 0 Å². The van der Waals surface area contributed by atoms with E-state index in [1.54, 1.807) is 0 Å². The minimum Gasteiger partial charge on any atom is -0.388 e. The fraction of sp³-hybridized carbons (Fsp3) is 1.00. The molecule has 2 saturated heterocycles. The van der Waals surface area contributed by atoms with Crippen LogP contribution in [-0.4, -0.2) is 48.5 Å². The van der Waals surface area contributed by atoms with Gasteiger partial charge in [0.05, 0.1) is 5.60 Å². The standard InChI is InChI=1S/C10H19NO2/c1-10(12)7-11(8-10)4-2-9-3-5-13-6-9/h9,12H,2-8H2,1H3. The monoisotopic (exact) mass is 185 g/mol. The van der Waals surface area contributed by atoms with Gasteiger partial charge in [-0.1, -0.05) is 0 Å². The van der Waals surface area contributed by atoms with E-state index in [2.05, 4.69) is 4.90 Å². The highest BCUT2D eigenvalue weighted by atomic mass is 16.5. The molecule has 3 nitrogen and oxygen atoms in total. The Hall–Kier alpha value is -0.120. The number of nitrogens with zero attached hydrogens (tertiary/aromatic N) is 1. The van der Waals surface area contributed by atoms with Gasteiger partial charge in [-0.15, -0.1) is 0 Å². The van der Waals surface area contributed by atoms with E-state index >= 15 is 0 Å². The predicted octanol–water partition coefficient (Wildman–Crippen LogP) is 0.480. The van der Waals surface area contributed by atoms with Crippen LogP contribution in [0.5, 0.6) is 0 Å². The van der Waals surface area contributed by atoms with E-state index in [0.717, 1.165) is 38.8 Å². The van der Waals surface area contributed by atoms with Gasteiger partial charge in [0.1, 0.15) is 0 Å². The van der Waals surface area contributed by atoms with Gasteiger partial charge in [0.25, 0.3) is 0 Å². The maximum atomic E-state index is 9.51. The number of hydrogen-bond donors (Lipinski definition) is 1. The molecule has 2 heterocycles. The molecule has 76 valence electrons. The van der Waals surface area contributed by atoms with E-state index in [1.807, 2.05) is 6.92 Å². The van der Waals surface area contributed by atoms with Crippen molar-refractivity contribution in [2.75, 3.05) is 32.8 Å². The van der Waals surface area contributed by atoms with Gasteiger partial charge in [-0.3, -0.25) is 4.90 Å². The summed E-state index contributed by atoms with van der Waals surface area (Å²) < 4.78 is 5.31. The van der Waals surface area contributed by atoms with Gasteiger partial charge >= 0.3 is 0 Å². The summed E-state index contributed by atoms with van der Waals surface area (Å²) in [6, 6.07) is 0. The van der Waals surface area contributed by atoms with E-state index in [4.69, 9.17) is 4.74 Å². The first-order valence-corrected chi connectivity index (χ1v) is 5.18. The van der Waals surface area contributed by atoms with Crippen molar-refractivity contribution >= 4 is 0 Å². The third kappa shape index (κ3) is 2.42. The Kier molecular flexibility index (Phi) is 2.58. The smallest absolute Gasteiger partial charge is 0.0872 e. The lowest BCUT2D eigenvalue weighted by Crippen LogP contribution is -2.59. The molecule has 0 amide bonds. The quantitative estimate of drug-likeness (QED) is 0.694. The van der Waals surface area contributed by atoms with Crippen LogP contribution < -0.4 is 0 Å². The van der Waals surface area contributed by atoms with E-state index in [1.165, 1.54) is 12.8 Å². The molecule has 1 atom stereocenters. The largest absolute Gasteiger partial charge is 0.388 e. The maximum Gasteiger partial charge on any atom is 0.0872 e. The molecule has 0 bridgehead atoms. The average molecular weight is 185 g/mol. The molecule has 1 N–H and O–H groups in total. The van der Waals surface area contributed by atoms with Gasteiger partial charge in [0.15, 0.2) is 0 Å². The SMILES string of the molecule is CC1(O)CN(CCC2CCOC2)C1. The van der Waals surface area contributed by atoms with Crippen molar-refractivity contribution < 1.29 is 9.84 Å². The minimum absolute atomic E-state index is 0.411. The average Bonchev–Trinajstić information content (AvgIpc) is 2.48. The van der Waals surface area contributed by atoms with Crippen molar-refractivity contribution in [2.24, 2.45) is 5.92 Å². The van der Waals surface area contributed by atoms with E-state index < -0.39 is 5.60 Å². The Labute approximate surface area is 79.7 Å². The second-order valence-electron chi connectivity index (χ2n) is 4.73. The normalized spacial score (nSPS) is 33.2. The van der Waals surface area contributed by atoms with Crippen LogP contribution in [-0.2, 0) is 4.74 Å². The molecule has 2 aliphatic heterocycles. The highest BCUT2D eigenvalue weighted by Gasteiger charge is 2.36. The fourth-order valence-electron chi connectivity index (χ4n) is 2.25. The Morgan fingerprint density at radius 2 is 2.31 bits per heavy atom. The summed E-state index contributed by atoms with van der Waals surface area (Å²) >= 11 is 0. The summed E-state index contributed by atoms with van der Waals surface area (Å²) in [5.41, 5.74) is -0.411. The van der Waals surface area contributed by atoms with Crippen molar-refractivity contribution in [3.05, 3.63) is 0 Å². The molecule has 2 rings (SSSR count). The van der Waals surface area contributed by atoms with E-state index in [-0.39, 0.29) is 0 Å². The molecule has 2 aliphatic rings. The van der Waals surface area contributed by atoms with Gasteiger partial charge in [0, 0.05) is 26.3 Å². The molecular formula is C10H19NO2. The van der Waals surface area contributed by atoms with E-state index in [0.29, 0.717) is 0 Å². The Bertz CT molecular complexity index is 168. The minimum atomic E-state index is -0.411. The number of hydrogen-bond acceptors (Lipinski definition) is 3. The Morgan fingerprint density at radius 3 is 2.85 bits per heavy atom. The summed E-state index contributed by atoms with van der Waals surface area (Å²) in [6.07, 6.45) is 2.46. The molecule has 0 saturated carbocycles. The number of β-amino-alcohol motifs (C(OH)–C–C–N with tert-alkyl or cyclic N) is 1. The first-order valence-electron chi connectivity index (χ1n) is 5.18. The first-order chi connectivity index (χ1) is 6.16. The van der Waals surface area contributed by atoms with Gasteiger partial charge in [0.2, 0.25) is 0 Å². The lowest BCUT2D eigenvalue weighted by atomic mass is 9.95. The zero-order valence-electron chi connectivity index (χ0n) is 8.33. The zero-order chi connectivity index (χ0) is 9.31. The van der Waals surface area contributed by atoms with E-state index in [9.17, 15) is 5.11 Å². The maximum absolute atomic E-state index is 9.51. The molecule has 0 radical (unpaired) electrons. The highest BCUT2D eigenvalue weighted by Crippen LogP contribution is 2.22. The molecule has 1 unspecified atom stereocenters. The molecule has 0 aromatic rings. The molecule has 0 aromatic heterocycles. The molecule has 0 aliphatic carbocycles. The van der Waals surface area contributed by atoms with Gasteiger partial charge in [-0.25, -0.2) is 0 Å². The van der Waals surface area contributed by atoms with Crippen LogP contribution in [0.15, 0.2) is 0 Å². The Morgan fingerprint density at radius 1 is 1.54 bits per heavy atom. The van der Waals surface area contributed by atoms with Crippen LogP contribution in [0, 0.1) is 5.92 Å². The fourth-order valence-corrected chi connectivity index (χ4v) is 2.25. The van der Waals surface area contributed by atoms with Crippen LogP contribution in [0.4, 0.5) is 0 Å². The Balaban J connectivity index is 1.59. The summed E-state index contributed by atoms with van der Waals surface area (Å²) in [7, 11) is 0. The van der Waals surface area contributed by atoms with Crippen molar-refractivity contribution in [1.82, 2.24) is 4.90 Å². The van der Waals surface area contributed by atoms with Crippen molar-refractivity contribution in [3.8, 4) is 0 Å². The summed E-state index contributed by atoms with van der Waals surface area (Å²) in [6.45, 7) is 6.63.